The zero-order valence-electron chi connectivity index (χ0n) is 11.8. The van der Waals surface area contributed by atoms with Crippen LogP contribution in [0.15, 0.2) is 24.3 Å². The van der Waals surface area contributed by atoms with Crippen molar-refractivity contribution in [2.45, 2.75) is 39.7 Å². The standard InChI is InChI=1S/C15H24N2S/c1-5-17(6-2)14(15(16)18)13-9-7-12(8-10-13)11(3)4/h7-11,14H,5-6H2,1-4H3,(H2,16,18). The van der Waals surface area contributed by atoms with E-state index in [1.54, 1.807) is 0 Å². The second-order valence-corrected chi connectivity index (χ2v) is 5.32. The third-order valence-corrected chi connectivity index (χ3v) is 3.59. The van der Waals surface area contributed by atoms with E-state index < -0.39 is 0 Å². The SMILES string of the molecule is CCN(CC)C(C(N)=S)c1ccc(C(C)C)cc1. The van der Waals surface area contributed by atoms with E-state index in [9.17, 15) is 0 Å². The number of hydrogen-bond donors (Lipinski definition) is 1. The summed E-state index contributed by atoms with van der Waals surface area (Å²) in [4.78, 5) is 2.84. The van der Waals surface area contributed by atoms with E-state index >= 15 is 0 Å². The number of benzene rings is 1. The second kappa shape index (κ2) is 6.86. The number of nitrogens with two attached hydrogens (primary N) is 1. The summed E-state index contributed by atoms with van der Waals surface area (Å²) in [7, 11) is 0. The summed E-state index contributed by atoms with van der Waals surface area (Å²) in [5.74, 6) is 0.552. The molecule has 1 aromatic rings. The van der Waals surface area contributed by atoms with Crippen molar-refractivity contribution in [1.82, 2.24) is 4.90 Å². The highest BCUT2D eigenvalue weighted by Gasteiger charge is 2.20. The maximum Gasteiger partial charge on any atom is 0.0948 e. The molecule has 18 heavy (non-hydrogen) atoms. The number of hydrogen-bond acceptors (Lipinski definition) is 2. The van der Waals surface area contributed by atoms with Gasteiger partial charge in [0.1, 0.15) is 0 Å². The fourth-order valence-electron chi connectivity index (χ4n) is 2.21. The molecular weight excluding hydrogens is 240 g/mol. The van der Waals surface area contributed by atoms with Gasteiger partial charge in [-0.25, -0.2) is 0 Å². The van der Waals surface area contributed by atoms with Gasteiger partial charge >= 0.3 is 0 Å². The van der Waals surface area contributed by atoms with Crippen molar-refractivity contribution in [3.05, 3.63) is 35.4 Å². The molecule has 1 rings (SSSR count). The molecule has 0 aliphatic carbocycles. The quantitative estimate of drug-likeness (QED) is 0.798. The van der Waals surface area contributed by atoms with Crippen molar-refractivity contribution >= 4 is 17.2 Å². The van der Waals surface area contributed by atoms with Crippen molar-refractivity contribution in [2.24, 2.45) is 5.73 Å². The van der Waals surface area contributed by atoms with Crippen LogP contribution in [-0.4, -0.2) is 23.0 Å². The molecule has 0 radical (unpaired) electrons. The fraction of sp³-hybridized carbons (Fsp3) is 0.533. The molecule has 3 heteroatoms. The van der Waals surface area contributed by atoms with Gasteiger partial charge in [-0.3, -0.25) is 4.90 Å². The van der Waals surface area contributed by atoms with E-state index in [4.69, 9.17) is 18.0 Å². The normalized spacial score (nSPS) is 13.0. The van der Waals surface area contributed by atoms with Crippen LogP contribution in [0.2, 0.25) is 0 Å². The summed E-state index contributed by atoms with van der Waals surface area (Å²) in [5, 5.41) is 0. The first-order valence-electron chi connectivity index (χ1n) is 6.64. The van der Waals surface area contributed by atoms with E-state index in [2.05, 4.69) is 56.9 Å². The minimum Gasteiger partial charge on any atom is -0.392 e. The van der Waals surface area contributed by atoms with Crippen LogP contribution < -0.4 is 5.73 Å². The summed E-state index contributed by atoms with van der Waals surface area (Å²) >= 11 is 5.23. The molecule has 0 fully saturated rings. The van der Waals surface area contributed by atoms with Gasteiger partial charge in [-0.2, -0.15) is 0 Å². The fourth-order valence-corrected chi connectivity index (χ4v) is 2.49. The molecule has 0 spiro atoms. The molecule has 0 saturated carbocycles. The van der Waals surface area contributed by atoms with Crippen molar-refractivity contribution in [3.63, 3.8) is 0 Å². The van der Waals surface area contributed by atoms with Crippen LogP contribution >= 0.6 is 12.2 Å². The van der Waals surface area contributed by atoms with Gasteiger partial charge in [-0.1, -0.05) is 64.2 Å². The molecular formula is C15H24N2S. The summed E-state index contributed by atoms with van der Waals surface area (Å²) in [5.41, 5.74) is 8.45. The number of nitrogens with zero attached hydrogens (tertiary/aromatic N) is 1. The van der Waals surface area contributed by atoms with Gasteiger partial charge in [0.15, 0.2) is 0 Å². The first kappa shape index (κ1) is 15.1. The van der Waals surface area contributed by atoms with E-state index in [-0.39, 0.29) is 6.04 Å². The maximum atomic E-state index is 5.91. The third kappa shape index (κ3) is 3.53. The molecule has 2 N–H and O–H groups in total. The molecule has 1 aromatic carbocycles. The van der Waals surface area contributed by atoms with Crippen molar-refractivity contribution in [3.8, 4) is 0 Å². The van der Waals surface area contributed by atoms with Crippen LogP contribution in [0.4, 0.5) is 0 Å². The Labute approximate surface area is 116 Å². The summed E-state index contributed by atoms with van der Waals surface area (Å²) in [6, 6.07) is 8.70. The average Bonchev–Trinajstić information content (AvgIpc) is 2.35. The maximum absolute atomic E-state index is 5.91. The molecule has 0 saturated heterocycles. The molecule has 0 bridgehead atoms. The van der Waals surface area contributed by atoms with Crippen LogP contribution in [0.3, 0.4) is 0 Å². The van der Waals surface area contributed by atoms with Crippen LogP contribution in [-0.2, 0) is 0 Å². The molecule has 2 nitrogen and oxygen atoms in total. The largest absolute Gasteiger partial charge is 0.392 e. The topological polar surface area (TPSA) is 29.3 Å². The van der Waals surface area contributed by atoms with E-state index in [1.807, 2.05) is 0 Å². The molecule has 0 aromatic heterocycles. The van der Waals surface area contributed by atoms with Crippen LogP contribution in [0, 0.1) is 0 Å². The van der Waals surface area contributed by atoms with Crippen molar-refractivity contribution in [2.75, 3.05) is 13.1 Å². The lowest BCUT2D eigenvalue weighted by molar-refractivity contribution is 0.272. The van der Waals surface area contributed by atoms with E-state index in [0.717, 1.165) is 13.1 Å². The predicted molar refractivity (Wildman–Crippen MR) is 83.0 cm³/mol. The van der Waals surface area contributed by atoms with Gasteiger partial charge in [0.25, 0.3) is 0 Å². The summed E-state index contributed by atoms with van der Waals surface area (Å²) in [6.07, 6.45) is 0. The molecule has 0 aliphatic heterocycles. The molecule has 1 unspecified atom stereocenters. The first-order chi connectivity index (χ1) is 8.51. The Bertz CT molecular complexity index is 380. The molecule has 0 heterocycles. The Morgan fingerprint density at radius 1 is 1.11 bits per heavy atom. The Kier molecular flexibility index (Phi) is 5.76. The summed E-state index contributed by atoms with van der Waals surface area (Å²) in [6.45, 7) is 10.6. The Balaban J connectivity index is 3.03. The Morgan fingerprint density at radius 2 is 1.56 bits per heavy atom. The van der Waals surface area contributed by atoms with Crippen molar-refractivity contribution < 1.29 is 0 Å². The van der Waals surface area contributed by atoms with Gasteiger partial charge < -0.3 is 5.73 Å². The first-order valence-corrected chi connectivity index (χ1v) is 7.05. The lowest BCUT2D eigenvalue weighted by atomic mass is 9.98. The highest BCUT2D eigenvalue weighted by Crippen LogP contribution is 2.23. The monoisotopic (exact) mass is 264 g/mol. The van der Waals surface area contributed by atoms with Crippen LogP contribution in [0.5, 0.6) is 0 Å². The minimum atomic E-state index is 0.0520. The van der Waals surface area contributed by atoms with E-state index in [0.29, 0.717) is 10.9 Å². The average molecular weight is 264 g/mol. The number of likely N-dealkylation sites (N-methyl/N-ethyl adjacent to an activating group) is 1. The zero-order valence-corrected chi connectivity index (χ0v) is 12.6. The predicted octanol–water partition coefficient (Wildman–Crippen LogP) is 3.48. The Hall–Kier alpha value is -0.930. The molecule has 1 atom stereocenters. The number of rotatable bonds is 6. The lowest BCUT2D eigenvalue weighted by Gasteiger charge is -2.29. The highest BCUT2D eigenvalue weighted by molar-refractivity contribution is 7.80. The van der Waals surface area contributed by atoms with Gasteiger partial charge in [0.05, 0.1) is 11.0 Å². The van der Waals surface area contributed by atoms with Gasteiger partial charge in [-0.05, 0) is 30.1 Å². The van der Waals surface area contributed by atoms with Gasteiger partial charge in [0, 0.05) is 0 Å². The van der Waals surface area contributed by atoms with E-state index in [1.165, 1.54) is 11.1 Å². The minimum absolute atomic E-state index is 0.0520. The third-order valence-electron chi connectivity index (χ3n) is 3.37. The number of thiocarbonyl (C=S) groups is 1. The molecule has 0 aliphatic rings. The lowest BCUT2D eigenvalue weighted by Crippen LogP contribution is -2.36. The van der Waals surface area contributed by atoms with Gasteiger partial charge in [0.2, 0.25) is 0 Å². The van der Waals surface area contributed by atoms with Crippen LogP contribution in [0.1, 0.15) is 50.8 Å². The van der Waals surface area contributed by atoms with Crippen molar-refractivity contribution in [1.29, 1.82) is 0 Å². The second-order valence-electron chi connectivity index (χ2n) is 4.85. The van der Waals surface area contributed by atoms with Gasteiger partial charge in [-0.15, -0.1) is 0 Å². The Morgan fingerprint density at radius 3 is 1.89 bits per heavy atom. The zero-order chi connectivity index (χ0) is 13.7. The van der Waals surface area contributed by atoms with Crippen LogP contribution in [0.25, 0.3) is 0 Å². The smallest absolute Gasteiger partial charge is 0.0948 e. The highest BCUT2D eigenvalue weighted by atomic mass is 32.1. The summed E-state index contributed by atoms with van der Waals surface area (Å²) < 4.78 is 0. The molecule has 100 valence electrons. The molecule has 0 amide bonds.